The van der Waals surface area contributed by atoms with Crippen molar-refractivity contribution in [3.8, 4) is 0 Å². The van der Waals surface area contributed by atoms with Crippen LogP contribution in [0.5, 0.6) is 0 Å². The van der Waals surface area contributed by atoms with E-state index in [2.05, 4.69) is 5.32 Å². The Hall–Kier alpha value is -0.990. The predicted molar refractivity (Wildman–Crippen MR) is 41.9 cm³/mol. The van der Waals surface area contributed by atoms with Crippen molar-refractivity contribution in [1.29, 1.82) is 0 Å². The molecule has 0 aromatic rings. The summed E-state index contributed by atoms with van der Waals surface area (Å²) in [5.41, 5.74) is 0. The molecule has 0 radical (unpaired) electrons. The average molecular weight is 142 g/mol. The molecule has 0 bridgehead atoms. The number of amides is 2. The van der Waals surface area contributed by atoms with Crippen molar-refractivity contribution in [1.82, 2.24) is 10.2 Å². The Morgan fingerprint density at radius 2 is 2.30 bits per heavy atom. The van der Waals surface area contributed by atoms with E-state index >= 15 is 0 Å². The van der Waals surface area contributed by atoms with Gasteiger partial charge in [0.25, 0.3) is 0 Å². The molecule has 1 N–H and O–H groups in total. The SMILES string of the molecule is C/C=C\CN(C)C(=O)NC. The quantitative estimate of drug-likeness (QED) is 0.569. The molecular formula is C7H14N2O. The van der Waals surface area contributed by atoms with Crippen LogP contribution in [-0.4, -0.2) is 31.6 Å². The third-order valence-electron chi connectivity index (χ3n) is 1.18. The highest BCUT2D eigenvalue weighted by Crippen LogP contribution is 1.83. The van der Waals surface area contributed by atoms with Crippen LogP contribution in [0.25, 0.3) is 0 Å². The largest absolute Gasteiger partial charge is 0.341 e. The fourth-order valence-corrected chi connectivity index (χ4v) is 0.537. The maximum atomic E-state index is 10.8. The van der Waals surface area contributed by atoms with Crippen molar-refractivity contribution in [2.75, 3.05) is 20.6 Å². The van der Waals surface area contributed by atoms with Gasteiger partial charge in [-0.15, -0.1) is 0 Å². The van der Waals surface area contributed by atoms with Crippen LogP contribution in [0.3, 0.4) is 0 Å². The van der Waals surface area contributed by atoms with E-state index in [1.807, 2.05) is 19.1 Å². The standard InChI is InChI=1S/C7H14N2O/c1-4-5-6-9(3)7(10)8-2/h4-5H,6H2,1-3H3,(H,8,10)/b5-4-. The van der Waals surface area contributed by atoms with Gasteiger partial charge in [-0.05, 0) is 6.92 Å². The van der Waals surface area contributed by atoms with Gasteiger partial charge in [-0.3, -0.25) is 0 Å². The zero-order chi connectivity index (χ0) is 7.98. The molecule has 10 heavy (non-hydrogen) atoms. The second-order valence-corrected chi connectivity index (χ2v) is 2.00. The summed E-state index contributed by atoms with van der Waals surface area (Å²) in [6.07, 6.45) is 3.84. The van der Waals surface area contributed by atoms with E-state index in [9.17, 15) is 4.79 Å². The zero-order valence-electron chi connectivity index (χ0n) is 6.72. The molecule has 0 spiro atoms. The molecule has 0 saturated heterocycles. The fraction of sp³-hybridized carbons (Fsp3) is 0.571. The minimum absolute atomic E-state index is 0.0573. The molecule has 0 aliphatic heterocycles. The maximum Gasteiger partial charge on any atom is 0.317 e. The second-order valence-electron chi connectivity index (χ2n) is 2.00. The van der Waals surface area contributed by atoms with E-state index in [4.69, 9.17) is 0 Å². The maximum absolute atomic E-state index is 10.8. The second kappa shape index (κ2) is 4.85. The summed E-state index contributed by atoms with van der Waals surface area (Å²) in [5, 5.41) is 2.53. The van der Waals surface area contributed by atoms with Gasteiger partial charge in [0.2, 0.25) is 0 Å². The minimum atomic E-state index is -0.0573. The number of urea groups is 1. The van der Waals surface area contributed by atoms with Crippen LogP contribution in [0.2, 0.25) is 0 Å². The minimum Gasteiger partial charge on any atom is -0.341 e. The Bertz CT molecular complexity index is 132. The number of nitrogens with zero attached hydrogens (tertiary/aromatic N) is 1. The number of carbonyl (C=O) groups is 1. The molecule has 0 aliphatic rings. The van der Waals surface area contributed by atoms with Gasteiger partial charge in [0.1, 0.15) is 0 Å². The lowest BCUT2D eigenvalue weighted by Crippen LogP contribution is -2.34. The van der Waals surface area contributed by atoms with Gasteiger partial charge in [0.05, 0.1) is 0 Å². The first kappa shape index (κ1) is 9.01. The summed E-state index contributed by atoms with van der Waals surface area (Å²) >= 11 is 0. The number of rotatable bonds is 2. The van der Waals surface area contributed by atoms with E-state index in [-0.39, 0.29) is 6.03 Å². The molecular weight excluding hydrogens is 128 g/mol. The van der Waals surface area contributed by atoms with Crippen molar-refractivity contribution in [2.24, 2.45) is 0 Å². The van der Waals surface area contributed by atoms with Gasteiger partial charge in [0.15, 0.2) is 0 Å². The Labute approximate surface area is 61.7 Å². The highest BCUT2D eigenvalue weighted by atomic mass is 16.2. The molecule has 58 valence electrons. The first-order valence-electron chi connectivity index (χ1n) is 3.26. The summed E-state index contributed by atoms with van der Waals surface area (Å²) in [6, 6.07) is -0.0573. The lowest BCUT2D eigenvalue weighted by molar-refractivity contribution is 0.215. The summed E-state index contributed by atoms with van der Waals surface area (Å²) < 4.78 is 0. The fourth-order valence-electron chi connectivity index (χ4n) is 0.537. The van der Waals surface area contributed by atoms with E-state index in [0.29, 0.717) is 6.54 Å². The Balaban J connectivity index is 3.61. The molecule has 2 amide bonds. The van der Waals surface area contributed by atoms with Gasteiger partial charge in [-0.25, -0.2) is 4.79 Å². The molecule has 0 aliphatic carbocycles. The van der Waals surface area contributed by atoms with Crippen LogP contribution in [0.1, 0.15) is 6.92 Å². The van der Waals surface area contributed by atoms with Gasteiger partial charge >= 0.3 is 6.03 Å². The van der Waals surface area contributed by atoms with E-state index < -0.39 is 0 Å². The van der Waals surface area contributed by atoms with Gasteiger partial charge in [0, 0.05) is 20.6 Å². The third-order valence-corrected chi connectivity index (χ3v) is 1.18. The molecule has 0 unspecified atom stereocenters. The van der Waals surface area contributed by atoms with Crippen LogP contribution in [0.4, 0.5) is 4.79 Å². The van der Waals surface area contributed by atoms with Crippen LogP contribution in [0, 0.1) is 0 Å². The van der Waals surface area contributed by atoms with E-state index in [1.165, 1.54) is 0 Å². The molecule has 0 atom stereocenters. The molecule has 0 heterocycles. The summed E-state index contributed by atoms with van der Waals surface area (Å²) in [4.78, 5) is 12.4. The highest BCUT2D eigenvalue weighted by molar-refractivity contribution is 5.73. The molecule has 0 aromatic carbocycles. The summed E-state index contributed by atoms with van der Waals surface area (Å²) in [5.74, 6) is 0. The Morgan fingerprint density at radius 3 is 2.70 bits per heavy atom. The zero-order valence-corrected chi connectivity index (χ0v) is 6.72. The lowest BCUT2D eigenvalue weighted by atomic mass is 10.5. The average Bonchev–Trinajstić information content (AvgIpc) is 1.98. The summed E-state index contributed by atoms with van der Waals surface area (Å²) in [6.45, 7) is 2.59. The van der Waals surface area contributed by atoms with Crippen LogP contribution < -0.4 is 5.32 Å². The topological polar surface area (TPSA) is 32.3 Å². The van der Waals surface area contributed by atoms with Crippen LogP contribution in [-0.2, 0) is 0 Å². The van der Waals surface area contributed by atoms with Crippen molar-refractivity contribution < 1.29 is 4.79 Å². The van der Waals surface area contributed by atoms with Crippen molar-refractivity contribution in [2.45, 2.75) is 6.92 Å². The molecule has 3 nitrogen and oxygen atoms in total. The Kier molecular flexibility index (Phi) is 4.37. The van der Waals surface area contributed by atoms with E-state index in [1.54, 1.807) is 19.0 Å². The molecule has 0 rings (SSSR count). The summed E-state index contributed by atoms with van der Waals surface area (Å²) in [7, 11) is 3.37. The Morgan fingerprint density at radius 1 is 1.70 bits per heavy atom. The molecule has 0 saturated carbocycles. The van der Waals surface area contributed by atoms with E-state index in [0.717, 1.165) is 0 Å². The first-order valence-corrected chi connectivity index (χ1v) is 3.26. The van der Waals surface area contributed by atoms with Crippen LogP contribution >= 0.6 is 0 Å². The third kappa shape index (κ3) is 3.12. The van der Waals surface area contributed by atoms with Gasteiger partial charge in [-0.1, -0.05) is 12.2 Å². The van der Waals surface area contributed by atoms with Crippen LogP contribution in [0.15, 0.2) is 12.2 Å². The van der Waals surface area contributed by atoms with Gasteiger partial charge in [-0.2, -0.15) is 0 Å². The number of carbonyl (C=O) groups excluding carboxylic acids is 1. The number of hydrogen-bond donors (Lipinski definition) is 1. The van der Waals surface area contributed by atoms with Gasteiger partial charge < -0.3 is 10.2 Å². The number of nitrogens with one attached hydrogen (secondary N) is 1. The number of allylic oxidation sites excluding steroid dienone is 1. The lowest BCUT2D eigenvalue weighted by Gasteiger charge is -2.13. The molecule has 3 heteroatoms. The molecule has 0 aromatic heterocycles. The monoisotopic (exact) mass is 142 g/mol. The van der Waals surface area contributed by atoms with Crippen molar-refractivity contribution in [3.63, 3.8) is 0 Å². The number of hydrogen-bond acceptors (Lipinski definition) is 1. The smallest absolute Gasteiger partial charge is 0.317 e. The van der Waals surface area contributed by atoms with Crippen molar-refractivity contribution in [3.05, 3.63) is 12.2 Å². The number of likely N-dealkylation sites (N-methyl/N-ethyl adjacent to an activating group) is 1. The molecule has 0 fully saturated rings. The normalized spacial score (nSPS) is 9.90. The first-order chi connectivity index (χ1) is 4.72. The highest BCUT2D eigenvalue weighted by Gasteiger charge is 2.00. The van der Waals surface area contributed by atoms with Crippen molar-refractivity contribution >= 4 is 6.03 Å². The predicted octanol–water partition coefficient (Wildman–Crippen LogP) is 0.834.